The van der Waals surface area contributed by atoms with Crippen molar-refractivity contribution in [1.29, 1.82) is 0 Å². The van der Waals surface area contributed by atoms with E-state index in [2.05, 4.69) is 15.8 Å². The summed E-state index contributed by atoms with van der Waals surface area (Å²) in [7, 11) is 0. The molecule has 0 saturated heterocycles. The lowest BCUT2D eigenvalue weighted by atomic mass is 10.2. The minimum atomic E-state index is -0.548. The van der Waals surface area contributed by atoms with Crippen molar-refractivity contribution < 1.29 is 18.4 Å². The van der Waals surface area contributed by atoms with Crippen LogP contribution in [0.5, 0.6) is 0 Å². The summed E-state index contributed by atoms with van der Waals surface area (Å²) in [5.74, 6) is -1.92. The number of nitrogens with one attached hydrogen (secondary N) is 2. The van der Waals surface area contributed by atoms with E-state index < -0.39 is 23.4 Å². The molecule has 2 N–H and O–H groups in total. The first-order valence-corrected chi connectivity index (χ1v) is 6.66. The van der Waals surface area contributed by atoms with E-state index in [-0.39, 0.29) is 12.1 Å². The number of benzene rings is 2. The number of hydrogen-bond acceptors (Lipinski definition) is 3. The summed E-state index contributed by atoms with van der Waals surface area (Å²) in [6, 6.07) is 10.6. The van der Waals surface area contributed by atoms with E-state index in [1.54, 1.807) is 6.07 Å². The summed E-state index contributed by atoms with van der Waals surface area (Å²) in [5.41, 5.74) is 2.92. The van der Waals surface area contributed by atoms with Gasteiger partial charge in [0.25, 0.3) is 11.8 Å². The zero-order valence-corrected chi connectivity index (χ0v) is 11.9. The molecule has 0 saturated carbocycles. The zero-order valence-electron chi connectivity index (χ0n) is 11.9. The monoisotopic (exact) mass is 317 g/mol. The highest BCUT2D eigenvalue weighted by Gasteiger charge is 2.07. The first kappa shape index (κ1) is 16.3. The highest BCUT2D eigenvalue weighted by molar-refractivity contribution is 5.96. The molecule has 2 rings (SSSR count). The van der Waals surface area contributed by atoms with Crippen LogP contribution in [-0.2, 0) is 4.79 Å². The summed E-state index contributed by atoms with van der Waals surface area (Å²) in [5, 5.41) is 6.02. The molecule has 2 aromatic carbocycles. The quantitative estimate of drug-likeness (QED) is 0.652. The molecule has 0 aliphatic heterocycles. The van der Waals surface area contributed by atoms with Crippen molar-refractivity contribution in [1.82, 2.24) is 10.7 Å². The van der Waals surface area contributed by atoms with Gasteiger partial charge in [0.2, 0.25) is 0 Å². The third kappa shape index (κ3) is 5.31. The molecule has 5 nitrogen and oxygen atoms in total. The first-order valence-electron chi connectivity index (χ1n) is 6.66. The van der Waals surface area contributed by atoms with Crippen LogP contribution in [0.2, 0.25) is 0 Å². The number of carbonyl (C=O) groups is 2. The van der Waals surface area contributed by atoms with Gasteiger partial charge in [-0.15, -0.1) is 0 Å². The molecule has 0 aromatic heterocycles. The smallest absolute Gasteiger partial charge is 0.259 e. The van der Waals surface area contributed by atoms with Gasteiger partial charge in [-0.1, -0.05) is 12.1 Å². The van der Waals surface area contributed by atoms with Crippen molar-refractivity contribution in [2.75, 3.05) is 6.54 Å². The lowest BCUT2D eigenvalue weighted by Crippen LogP contribution is -2.34. The second-order valence-electron chi connectivity index (χ2n) is 4.54. The average Bonchev–Trinajstić information content (AvgIpc) is 2.53. The molecule has 0 bridgehead atoms. The number of hydrazone groups is 1. The number of amides is 2. The van der Waals surface area contributed by atoms with Gasteiger partial charge in [-0.25, -0.2) is 14.2 Å². The van der Waals surface area contributed by atoms with Gasteiger partial charge >= 0.3 is 0 Å². The maximum atomic E-state index is 12.9. The SMILES string of the molecule is O=C(CNC(=O)c1ccc(F)cc1)N/N=C\c1cccc(F)c1. The van der Waals surface area contributed by atoms with Crippen LogP contribution in [0.25, 0.3) is 0 Å². The van der Waals surface area contributed by atoms with Crippen LogP contribution in [-0.4, -0.2) is 24.6 Å². The third-order valence-electron chi connectivity index (χ3n) is 2.77. The Morgan fingerprint density at radius 2 is 1.78 bits per heavy atom. The molecular formula is C16H13F2N3O2. The molecule has 0 aliphatic carbocycles. The number of hydrogen-bond donors (Lipinski definition) is 2. The second-order valence-corrected chi connectivity index (χ2v) is 4.54. The molecule has 118 valence electrons. The Labute approximate surface area is 131 Å². The lowest BCUT2D eigenvalue weighted by Gasteiger charge is -2.04. The van der Waals surface area contributed by atoms with E-state index >= 15 is 0 Å². The standard InChI is InChI=1S/C16H13F2N3O2/c17-13-6-4-12(5-7-13)16(23)19-10-15(22)21-20-9-11-2-1-3-14(18)8-11/h1-9H,10H2,(H,19,23)(H,21,22)/b20-9-. The maximum Gasteiger partial charge on any atom is 0.259 e. The molecular weight excluding hydrogens is 304 g/mol. The van der Waals surface area contributed by atoms with Crippen LogP contribution < -0.4 is 10.7 Å². The van der Waals surface area contributed by atoms with Crippen molar-refractivity contribution in [2.24, 2.45) is 5.10 Å². The van der Waals surface area contributed by atoms with Crippen molar-refractivity contribution >= 4 is 18.0 Å². The number of halogens is 2. The van der Waals surface area contributed by atoms with Crippen molar-refractivity contribution in [2.45, 2.75) is 0 Å². The summed E-state index contributed by atoms with van der Waals surface area (Å²) in [6.45, 7) is -0.295. The molecule has 0 radical (unpaired) electrons. The summed E-state index contributed by atoms with van der Waals surface area (Å²) < 4.78 is 25.7. The first-order chi connectivity index (χ1) is 11.0. The molecule has 7 heteroatoms. The fraction of sp³-hybridized carbons (Fsp3) is 0.0625. The Kier molecular flexibility index (Phi) is 5.51. The molecule has 0 fully saturated rings. The number of carbonyl (C=O) groups excluding carboxylic acids is 2. The number of rotatable bonds is 5. The predicted octanol–water partition coefficient (Wildman–Crippen LogP) is 1.84. The van der Waals surface area contributed by atoms with Gasteiger partial charge in [0.1, 0.15) is 11.6 Å². The van der Waals surface area contributed by atoms with Crippen LogP contribution in [0, 0.1) is 11.6 Å². The normalized spacial score (nSPS) is 10.5. The van der Waals surface area contributed by atoms with Crippen LogP contribution in [0.3, 0.4) is 0 Å². The van der Waals surface area contributed by atoms with Gasteiger partial charge < -0.3 is 5.32 Å². The molecule has 23 heavy (non-hydrogen) atoms. The van der Waals surface area contributed by atoms with Crippen LogP contribution >= 0.6 is 0 Å². The average molecular weight is 317 g/mol. The fourth-order valence-corrected chi connectivity index (χ4v) is 1.67. The van der Waals surface area contributed by atoms with E-state index in [0.717, 1.165) is 12.1 Å². The Bertz CT molecular complexity index is 730. The molecule has 2 aromatic rings. The predicted molar refractivity (Wildman–Crippen MR) is 80.9 cm³/mol. The largest absolute Gasteiger partial charge is 0.343 e. The molecule has 0 atom stereocenters. The summed E-state index contributed by atoms with van der Waals surface area (Å²) >= 11 is 0. The Morgan fingerprint density at radius 3 is 2.48 bits per heavy atom. The van der Waals surface area contributed by atoms with E-state index in [1.165, 1.54) is 36.5 Å². The third-order valence-corrected chi connectivity index (χ3v) is 2.77. The van der Waals surface area contributed by atoms with E-state index in [0.29, 0.717) is 5.56 Å². The molecule has 0 spiro atoms. The molecule has 0 unspecified atom stereocenters. The molecule has 2 amide bonds. The van der Waals surface area contributed by atoms with Gasteiger partial charge in [-0.05, 0) is 42.0 Å². The fourth-order valence-electron chi connectivity index (χ4n) is 1.67. The van der Waals surface area contributed by atoms with Gasteiger partial charge in [0.15, 0.2) is 0 Å². The van der Waals surface area contributed by atoms with Gasteiger partial charge in [0, 0.05) is 5.56 Å². The van der Waals surface area contributed by atoms with E-state index in [1.807, 2.05) is 0 Å². The minimum absolute atomic E-state index is 0.238. The van der Waals surface area contributed by atoms with Gasteiger partial charge in [-0.3, -0.25) is 9.59 Å². The van der Waals surface area contributed by atoms with E-state index in [4.69, 9.17) is 0 Å². The van der Waals surface area contributed by atoms with Gasteiger partial charge in [-0.2, -0.15) is 5.10 Å². The highest BCUT2D eigenvalue weighted by Crippen LogP contribution is 2.02. The summed E-state index contributed by atoms with van der Waals surface area (Å²) in [4.78, 5) is 23.2. The van der Waals surface area contributed by atoms with Crippen LogP contribution in [0.1, 0.15) is 15.9 Å². The van der Waals surface area contributed by atoms with Crippen LogP contribution in [0.15, 0.2) is 53.6 Å². The van der Waals surface area contributed by atoms with Crippen molar-refractivity contribution in [3.63, 3.8) is 0 Å². The zero-order chi connectivity index (χ0) is 16.7. The van der Waals surface area contributed by atoms with E-state index in [9.17, 15) is 18.4 Å². The number of nitrogens with zero attached hydrogens (tertiary/aromatic N) is 1. The molecule has 0 heterocycles. The van der Waals surface area contributed by atoms with Crippen LogP contribution in [0.4, 0.5) is 8.78 Å². The Balaban J connectivity index is 1.78. The summed E-state index contributed by atoms with van der Waals surface area (Å²) in [6.07, 6.45) is 1.28. The second kappa shape index (κ2) is 7.79. The maximum absolute atomic E-state index is 12.9. The van der Waals surface area contributed by atoms with Crippen molar-refractivity contribution in [3.8, 4) is 0 Å². The Hall–Kier alpha value is -3.09. The lowest BCUT2D eigenvalue weighted by molar-refractivity contribution is -0.120. The molecule has 0 aliphatic rings. The Morgan fingerprint density at radius 1 is 1.04 bits per heavy atom. The topological polar surface area (TPSA) is 70.6 Å². The van der Waals surface area contributed by atoms with Crippen molar-refractivity contribution in [3.05, 3.63) is 71.3 Å². The highest BCUT2D eigenvalue weighted by atomic mass is 19.1. The van der Waals surface area contributed by atoms with Gasteiger partial charge in [0.05, 0.1) is 12.8 Å². The minimum Gasteiger partial charge on any atom is -0.343 e.